The maximum Gasteiger partial charge on any atom is 0.328 e. The van der Waals surface area contributed by atoms with Crippen molar-refractivity contribution >= 4 is 44.3 Å². The predicted molar refractivity (Wildman–Crippen MR) is 117 cm³/mol. The van der Waals surface area contributed by atoms with Gasteiger partial charge in [-0.25, -0.2) is 22.5 Å². The molecule has 1 aromatic heterocycles. The molecule has 1 aliphatic heterocycles. The highest BCUT2D eigenvalue weighted by atomic mass is 32.2. The van der Waals surface area contributed by atoms with E-state index in [0.717, 1.165) is 22.7 Å². The van der Waals surface area contributed by atoms with Crippen molar-refractivity contribution < 1.29 is 18.3 Å². The molecule has 0 aliphatic carbocycles. The number of sulfonamides is 1. The number of aromatic nitrogens is 1. The van der Waals surface area contributed by atoms with Gasteiger partial charge in [0.1, 0.15) is 5.82 Å². The van der Waals surface area contributed by atoms with E-state index in [-0.39, 0.29) is 4.90 Å². The number of rotatable bonds is 5. The topological polar surface area (TPSA) is 90.8 Å². The molecule has 2 aromatic carbocycles. The molecule has 0 unspecified atom stereocenters. The molecule has 1 aliphatic rings. The molecule has 2 heterocycles. The average molecular weight is 423 g/mol. The zero-order chi connectivity index (χ0) is 21.5. The Hall–Kier alpha value is -3.39. The molecular weight excluding hydrogens is 402 g/mol. The average Bonchev–Trinajstić information content (AvgIpc) is 3.15. The molecule has 8 heteroatoms. The lowest BCUT2D eigenvalue weighted by Gasteiger charge is -2.21. The molecule has 0 saturated heterocycles. The van der Waals surface area contributed by atoms with Gasteiger partial charge in [0.2, 0.25) is 0 Å². The molecular formula is C22H21N3O4S. The molecule has 154 valence electrons. The van der Waals surface area contributed by atoms with Crippen LogP contribution in [-0.4, -0.2) is 45.1 Å². The second kappa shape index (κ2) is 7.46. The minimum atomic E-state index is -3.82. The maximum absolute atomic E-state index is 13.6. The number of carboxylic acids is 1. The Morgan fingerprint density at radius 1 is 1.17 bits per heavy atom. The van der Waals surface area contributed by atoms with Crippen LogP contribution in [0.3, 0.4) is 0 Å². The summed E-state index contributed by atoms with van der Waals surface area (Å²) in [6.07, 6.45) is 4.48. The van der Waals surface area contributed by atoms with Crippen molar-refractivity contribution in [3.05, 3.63) is 65.9 Å². The van der Waals surface area contributed by atoms with Crippen LogP contribution in [0.2, 0.25) is 0 Å². The van der Waals surface area contributed by atoms with Crippen molar-refractivity contribution in [1.82, 2.24) is 4.98 Å². The second-order valence-corrected chi connectivity index (χ2v) is 9.10. The number of nitrogens with zero attached hydrogens (tertiary/aromatic N) is 3. The van der Waals surface area contributed by atoms with Crippen LogP contribution in [-0.2, 0) is 21.2 Å². The molecule has 0 saturated carbocycles. The van der Waals surface area contributed by atoms with Crippen LogP contribution in [0.25, 0.3) is 16.8 Å². The van der Waals surface area contributed by atoms with E-state index in [1.165, 1.54) is 16.6 Å². The van der Waals surface area contributed by atoms with E-state index in [1.54, 1.807) is 18.2 Å². The quantitative estimate of drug-likeness (QED) is 0.634. The predicted octanol–water partition coefficient (Wildman–Crippen LogP) is 3.15. The molecule has 4 rings (SSSR count). The first kappa shape index (κ1) is 19.9. The third-order valence-electron chi connectivity index (χ3n) is 5.11. The molecule has 0 amide bonds. The van der Waals surface area contributed by atoms with Crippen LogP contribution < -0.4 is 9.21 Å². The van der Waals surface area contributed by atoms with Gasteiger partial charge in [0.25, 0.3) is 10.0 Å². The van der Waals surface area contributed by atoms with Gasteiger partial charge < -0.3 is 10.0 Å². The largest absolute Gasteiger partial charge is 0.478 e. The summed E-state index contributed by atoms with van der Waals surface area (Å²) in [6.45, 7) is 0.292. The number of carbonyl (C=O) groups is 1. The fourth-order valence-electron chi connectivity index (χ4n) is 3.75. The van der Waals surface area contributed by atoms with Gasteiger partial charge in [0, 0.05) is 49.4 Å². The Bertz CT molecular complexity index is 1280. The van der Waals surface area contributed by atoms with E-state index >= 15 is 0 Å². The second-order valence-electron chi connectivity index (χ2n) is 7.27. The SMILES string of the molecule is CN(C)c1cccc2c(S(=O)(=O)N3CCc4cc(/C=C/C(=O)O)cnc43)cccc12. The summed E-state index contributed by atoms with van der Waals surface area (Å²) in [7, 11) is 0.0276. The summed E-state index contributed by atoms with van der Waals surface area (Å²) >= 11 is 0. The highest BCUT2D eigenvalue weighted by Crippen LogP contribution is 2.36. The smallest absolute Gasteiger partial charge is 0.328 e. The third-order valence-corrected chi connectivity index (χ3v) is 6.96. The van der Waals surface area contributed by atoms with Crippen LogP contribution in [0.15, 0.2) is 59.6 Å². The lowest BCUT2D eigenvalue weighted by Crippen LogP contribution is -2.30. The van der Waals surface area contributed by atoms with Gasteiger partial charge in [-0.3, -0.25) is 0 Å². The van der Waals surface area contributed by atoms with Crippen molar-refractivity contribution in [2.75, 3.05) is 29.8 Å². The van der Waals surface area contributed by atoms with Gasteiger partial charge in [-0.2, -0.15) is 0 Å². The summed E-state index contributed by atoms with van der Waals surface area (Å²) in [6, 6.07) is 12.7. The number of fused-ring (bicyclic) bond motifs is 2. The summed E-state index contributed by atoms with van der Waals surface area (Å²) < 4.78 is 28.5. The zero-order valence-electron chi connectivity index (χ0n) is 16.6. The van der Waals surface area contributed by atoms with Crippen LogP contribution in [0.5, 0.6) is 0 Å². The molecule has 3 aromatic rings. The van der Waals surface area contributed by atoms with E-state index in [2.05, 4.69) is 4.98 Å². The fourth-order valence-corrected chi connectivity index (χ4v) is 5.42. The summed E-state index contributed by atoms with van der Waals surface area (Å²) in [5.41, 5.74) is 2.34. The first-order valence-electron chi connectivity index (χ1n) is 9.41. The first-order chi connectivity index (χ1) is 14.3. The third kappa shape index (κ3) is 3.39. The molecule has 30 heavy (non-hydrogen) atoms. The summed E-state index contributed by atoms with van der Waals surface area (Å²) in [4.78, 5) is 17.3. The van der Waals surface area contributed by atoms with E-state index in [4.69, 9.17) is 5.11 Å². The van der Waals surface area contributed by atoms with Crippen molar-refractivity contribution in [3.63, 3.8) is 0 Å². The molecule has 0 bridgehead atoms. The van der Waals surface area contributed by atoms with Crippen molar-refractivity contribution in [2.45, 2.75) is 11.3 Å². The van der Waals surface area contributed by atoms with Gasteiger partial charge in [-0.15, -0.1) is 0 Å². The number of pyridine rings is 1. The van der Waals surface area contributed by atoms with Crippen LogP contribution in [0, 0.1) is 0 Å². The van der Waals surface area contributed by atoms with E-state index in [1.807, 2.05) is 43.3 Å². The Labute approximate surface area is 174 Å². The molecule has 7 nitrogen and oxygen atoms in total. The van der Waals surface area contributed by atoms with Gasteiger partial charge >= 0.3 is 5.97 Å². The van der Waals surface area contributed by atoms with E-state index in [0.29, 0.717) is 29.7 Å². The van der Waals surface area contributed by atoms with E-state index < -0.39 is 16.0 Å². The minimum Gasteiger partial charge on any atom is -0.478 e. The fraction of sp³-hybridized carbons (Fsp3) is 0.182. The van der Waals surface area contributed by atoms with Crippen LogP contribution in [0.4, 0.5) is 11.5 Å². The lowest BCUT2D eigenvalue weighted by atomic mass is 10.1. The Morgan fingerprint density at radius 2 is 1.90 bits per heavy atom. The summed E-state index contributed by atoms with van der Waals surface area (Å²) in [5, 5.41) is 10.3. The van der Waals surface area contributed by atoms with E-state index in [9.17, 15) is 13.2 Å². The lowest BCUT2D eigenvalue weighted by molar-refractivity contribution is -0.131. The van der Waals surface area contributed by atoms with Gasteiger partial charge in [0.15, 0.2) is 0 Å². The van der Waals surface area contributed by atoms with Gasteiger partial charge in [0.05, 0.1) is 4.90 Å². The molecule has 0 radical (unpaired) electrons. The standard InChI is InChI=1S/C22H21N3O4S/c1-24(2)19-7-3-6-18-17(19)5-4-8-20(18)30(28,29)25-12-11-16-13-15(9-10-21(26)27)14-23-22(16)25/h3-10,13-14H,11-12H2,1-2H3,(H,26,27)/b10-9+. The van der Waals surface area contributed by atoms with Crippen molar-refractivity contribution in [2.24, 2.45) is 0 Å². The number of aliphatic carboxylic acids is 1. The van der Waals surface area contributed by atoms with Crippen LogP contribution >= 0.6 is 0 Å². The number of hydrogen-bond donors (Lipinski definition) is 1. The minimum absolute atomic E-state index is 0.244. The summed E-state index contributed by atoms with van der Waals surface area (Å²) in [5.74, 6) is -0.656. The molecule has 1 N–H and O–H groups in total. The Balaban J connectivity index is 1.78. The monoisotopic (exact) mass is 423 g/mol. The molecule has 0 atom stereocenters. The normalized spacial score (nSPS) is 13.7. The number of carboxylic acid groups (broad SMARTS) is 1. The maximum atomic E-state index is 13.6. The van der Waals surface area contributed by atoms with Gasteiger partial charge in [-0.05, 0) is 41.8 Å². The number of benzene rings is 2. The molecule has 0 fully saturated rings. The van der Waals surface area contributed by atoms with Crippen molar-refractivity contribution in [3.8, 4) is 0 Å². The highest BCUT2D eigenvalue weighted by Gasteiger charge is 2.33. The highest BCUT2D eigenvalue weighted by molar-refractivity contribution is 7.93. The Kier molecular flexibility index (Phi) is 4.95. The van der Waals surface area contributed by atoms with Crippen LogP contribution in [0.1, 0.15) is 11.1 Å². The molecule has 0 spiro atoms. The van der Waals surface area contributed by atoms with Crippen molar-refractivity contribution in [1.29, 1.82) is 0 Å². The number of anilines is 2. The Morgan fingerprint density at radius 3 is 2.63 bits per heavy atom. The van der Waals surface area contributed by atoms with Gasteiger partial charge in [-0.1, -0.05) is 24.3 Å². The zero-order valence-corrected chi connectivity index (χ0v) is 17.4. The number of hydrogen-bond acceptors (Lipinski definition) is 5. The first-order valence-corrected chi connectivity index (χ1v) is 10.8.